The summed E-state index contributed by atoms with van der Waals surface area (Å²) in [4.78, 5) is 14.8. The molecule has 3 heterocycles. The van der Waals surface area contributed by atoms with Crippen LogP contribution in [0.15, 0.2) is 11.1 Å². The number of hydrogen-bond acceptors (Lipinski definition) is 8. The van der Waals surface area contributed by atoms with Crippen LogP contribution in [0.4, 0.5) is 0 Å². The second-order valence-electron chi connectivity index (χ2n) is 23.4. The van der Waals surface area contributed by atoms with E-state index in [0.717, 1.165) is 107 Å². The van der Waals surface area contributed by atoms with Gasteiger partial charge in [0.1, 0.15) is 17.8 Å². The molecule has 8 nitrogen and oxygen atoms in total. The van der Waals surface area contributed by atoms with Gasteiger partial charge in [0, 0.05) is 17.9 Å². The number of hydrogen-bond donors (Lipinski definition) is 5. The third-order valence-corrected chi connectivity index (χ3v) is 19.9. The number of allylic oxidation sites excluding steroid dienone is 1. The monoisotopic (exact) mass is 793 g/mol. The maximum atomic E-state index is 14.8. The van der Waals surface area contributed by atoms with Gasteiger partial charge in [-0.3, -0.25) is 4.79 Å². The minimum atomic E-state index is -1.07. The van der Waals surface area contributed by atoms with Crippen LogP contribution >= 0.6 is 0 Å². The number of piperidine rings is 1. The van der Waals surface area contributed by atoms with Crippen LogP contribution in [0.1, 0.15) is 170 Å². The second kappa shape index (κ2) is 14.6. The fourth-order valence-electron chi connectivity index (χ4n) is 16.2. The Morgan fingerprint density at radius 2 is 1.70 bits per heavy atom. The molecule has 322 valence electrons. The van der Waals surface area contributed by atoms with E-state index < -0.39 is 28.3 Å². The van der Waals surface area contributed by atoms with Crippen molar-refractivity contribution in [2.75, 3.05) is 13.2 Å². The molecule has 2 unspecified atom stereocenters. The van der Waals surface area contributed by atoms with E-state index in [1.807, 2.05) is 6.92 Å². The molecule has 6 aliphatic carbocycles. The summed E-state index contributed by atoms with van der Waals surface area (Å²) in [7, 11) is 0. The highest BCUT2D eigenvalue weighted by Crippen LogP contribution is 2.76. The second-order valence-corrected chi connectivity index (χ2v) is 23.4. The quantitative estimate of drug-likeness (QED) is 0.141. The fourth-order valence-corrected chi connectivity index (χ4v) is 16.2. The Bertz CT molecular complexity index is 1570. The van der Waals surface area contributed by atoms with Gasteiger partial charge in [-0.2, -0.15) is 0 Å². The Balaban J connectivity index is 1.08. The lowest BCUT2D eigenvalue weighted by atomic mass is 9.40. The third-order valence-electron chi connectivity index (χ3n) is 19.9. The molecular weight excluding hydrogens is 713 g/mol. The summed E-state index contributed by atoms with van der Waals surface area (Å²) in [6.07, 6.45) is 19.6. The molecule has 7 fully saturated rings. The van der Waals surface area contributed by atoms with Crippen molar-refractivity contribution in [3.8, 4) is 0 Å². The van der Waals surface area contributed by atoms with Crippen LogP contribution < -0.4 is 11.1 Å². The van der Waals surface area contributed by atoms with Crippen molar-refractivity contribution in [1.82, 2.24) is 5.32 Å². The summed E-state index contributed by atoms with van der Waals surface area (Å²) in [5.41, 5.74) is 4.50. The maximum absolute atomic E-state index is 14.8. The first kappa shape index (κ1) is 41.5. The van der Waals surface area contributed by atoms with Crippen molar-refractivity contribution in [3.63, 3.8) is 0 Å². The van der Waals surface area contributed by atoms with E-state index in [2.05, 4.69) is 39.9 Å². The molecule has 0 spiro atoms. The third kappa shape index (κ3) is 6.38. The van der Waals surface area contributed by atoms with Gasteiger partial charge in [0.2, 0.25) is 0 Å². The van der Waals surface area contributed by atoms with Gasteiger partial charge in [0.15, 0.2) is 5.78 Å². The minimum Gasteiger partial charge on any atom is -0.393 e. The van der Waals surface area contributed by atoms with E-state index in [9.17, 15) is 20.1 Å². The van der Waals surface area contributed by atoms with Crippen molar-refractivity contribution < 1.29 is 29.6 Å². The lowest BCUT2D eigenvalue weighted by Gasteiger charge is -2.66. The van der Waals surface area contributed by atoms with Crippen molar-refractivity contribution >= 4 is 5.78 Å². The molecule has 0 aromatic heterocycles. The number of nitrogens with one attached hydrogen (secondary N) is 1. The van der Waals surface area contributed by atoms with Crippen LogP contribution in [0, 0.1) is 63.6 Å². The topological polar surface area (TPSA) is 138 Å². The number of epoxide rings is 1. The van der Waals surface area contributed by atoms with Gasteiger partial charge < -0.3 is 35.8 Å². The molecule has 0 radical (unpaired) electrons. The molecule has 8 heteroatoms. The number of ether oxygens (including phenoxy) is 2. The first-order valence-corrected chi connectivity index (χ1v) is 24.1. The molecule has 3 aliphatic heterocycles. The van der Waals surface area contributed by atoms with Gasteiger partial charge in [-0.05, 0) is 167 Å². The van der Waals surface area contributed by atoms with E-state index in [1.165, 1.54) is 38.5 Å². The minimum absolute atomic E-state index is 0.0479. The van der Waals surface area contributed by atoms with E-state index in [1.54, 1.807) is 0 Å². The van der Waals surface area contributed by atoms with Crippen LogP contribution in [-0.4, -0.2) is 75.5 Å². The van der Waals surface area contributed by atoms with Crippen LogP contribution in [0.5, 0.6) is 0 Å². The molecule has 9 rings (SSSR count). The summed E-state index contributed by atoms with van der Waals surface area (Å²) < 4.78 is 14.2. The molecule has 9 aliphatic rings. The first-order chi connectivity index (χ1) is 27.0. The van der Waals surface area contributed by atoms with Crippen LogP contribution in [0.3, 0.4) is 0 Å². The van der Waals surface area contributed by atoms with Crippen LogP contribution in [-0.2, 0) is 14.3 Å². The smallest absolute Gasteiger partial charge is 0.162 e. The summed E-state index contributed by atoms with van der Waals surface area (Å²) in [5.74, 6) is 2.52. The number of ketones is 1. The number of aliphatic hydroxyl groups excluding tert-OH is 1. The van der Waals surface area contributed by atoms with Crippen molar-refractivity contribution in [2.24, 2.45) is 69.3 Å². The molecule has 0 amide bonds. The van der Waals surface area contributed by atoms with E-state index in [4.69, 9.17) is 15.2 Å². The Hall–Kier alpha value is -0.870. The lowest BCUT2D eigenvalue weighted by molar-refractivity contribution is -0.205. The largest absolute Gasteiger partial charge is 0.393 e. The summed E-state index contributed by atoms with van der Waals surface area (Å²) in [6.45, 7) is 15.3. The molecule has 6 N–H and O–H groups in total. The van der Waals surface area contributed by atoms with Crippen LogP contribution in [0.2, 0.25) is 0 Å². The van der Waals surface area contributed by atoms with E-state index >= 15 is 0 Å². The number of Topliss-reactive ketones (excluding diaryl/α,β-unsaturated/α-hetero) is 1. The van der Waals surface area contributed by atoms with Gasteiger partial charge in [-0.15, -0.1) is 0 Å². The predicted octanol–water partition coefficient (Wildman–Crippen LogP) is 7.99. The summed E-state index contributed by atoms with van der Waals surface area (Å²) in [5, 5.41) is 41.0. The van der Waals surface area contributed by atoms with E-state index in [-0.39, 0.29) is 58.7 Å². The molecular formula is C49H80N2O6. The van der Waals surface area contributed by atoms with Gasteiger partial charge in [0.25, 0.3) is 0 Å². The van der Waals surface area contributed by atoms with Gasteiger partial charge in [-0.25, -0.2) is 0 Å². The number of carbonyl (C=O) groups is 1. The Kier molecular flexibility index (Phi) is 10.6. The van der Waals surface area contributed by atoms with Gasteiger partial charge in [0.05, 0.1) is 23.5 Å². The van der Waals surface area contributed by atoms with E-state index in [0.29, 0.717) is 30.8 Å². The number of carbonyl (C=O) groups excluding carboxylic acids is 1. The molecule has 0 bridgehead atoms. The average Bonchev–Trinajstić information content (AvgIpc) is 3.96. The lowest BCUT2D eigenvalue weighted by Crippen LogP contribution is -2.67. The number of nitrogens with two attached hydrogens (primary N) is 1. The first-order valence-electron chi connectivity index (χ1n) is 24.1. The number of fused-ring (bicyclic) bond motifs is 2. The molecule has 16 atom stereocenters. The number of aliphatic hydroxyl groups is 3. The fraction of sp³-hybridized carbons (Fsp3) is 0.939. The van der Waals surface area contributed by atoms with Crippen molar-refractivity contribution in [1.29, 1.82) is 0 Å². The highest BCUT2D eigenvalue weighted by Gasteiger charge is 2.78. The SMILES string of the molecule is C[C@H]1CCO[C@@]([C@@H]2O[C@@H]2[C@](C)(O)C(C)(C)CCC2CCNC(N)C2)([C@@H]2C[C@H]3CCC4=C5[C@H]([C@@H](CCC6CCCCC6)C[C@@]2(C)[C@]53O)[C@]2(C)CC[C@H](O)C[C@H]2C4=O)C1. The normalized spacial score (nSPS) is 49.9. The predicted molar refractivity (Wildman–Crippen MR) is 223 cm³/mol. The standard InChI is InChI=1S/C49H80N2O6/c1-29-19-23-56-48(27-29,43-42(57-43)47(6,54)44(2,3)20-16-31-18-22-51-38(50)24-31)37-25-33-14-15-35-40-39(45(4)21-17-34(52)26-36(45)41(35)53)32(28-46(37,5)49(33,40)55)13-12-30-10-8-7-9-11-30/h29-34,36-39,42-43,51-52,54-55H,7-28,50H2,1-6H3/t29-,31?,32-,33+,34-,36-,37+,38?,39-,42-,43+,45+,46+,47-,48+,49+/m0/s1. The van der Waals surface area contributed by atoms with Gasteiger partial charge >= 0.3 is 0 Å². The van der Waals surface area contributed by atoms with Crippen LogP contribution in [0.25, 0.3) is 0 Å². The Morgan fingerprint density at radius 3 is 2.44 bits per heavy atom. The van der Waals surface area contributed by atoms with Crippen molar-refractivity contribution in [3.05, 3.63) is 11.1 Å². The average molecular weight is 793 g/mol. The Labute approximate surface area is 344 Å². The zero-order valence-corrected chi connectivity index (χ0v) is 36.6. The number of rotatable bonds is 10. The molecule has 0 aromatic carbocycles. The highest BCUT2D eigenvalue weighted by molar-refractivity contribution is 6.00. The molecule has 4 saturated carbocycles. The van der Waals surface area contributed by atoms with Crippen molar-refractivity contribution in [2.45, 2.75) is 211 Å². The zero-order chi connectivity index (χ0) is 40.3. The molecule has 3 saturated heterocycles. The Morgan fingerprint density at radius 1 is 0.930 bits per heavy atom. The summed E-state index contributed by atoms with van der Waals surface area (Å²) >= 11 is 0. The molecule has 57 heavy (non-hydrogen) atoms. The highest BCUT2D eigenvalue weighted by atomic mass is 16.6. The molecule has 0 aromatic rings. The maximum Gasteiger partial charge on any atom is 0.162 e. The van der Waals surface area contributed by atoms with Gasteiger partial charge in [-0.1, -0.05) is 73.1 Å². The summed E-state index contributed by atoms with van der Waals surface area (Å²) in [6, 6.07) is 0. The zero-order valence-electron chi connectivity index (χ0n) is 36.6.